The summed E-state index contributed by atoms with van der Waals surface area (Å²) in [6.07, 6.45) is 2.88. The lowest BCUT2D eigenvalue weighted by Gasteiger charge is -2.09. The van der Waals surface area contributed by atoms with Crippen molar-refractivity contribution in [2.45, 2.75) is 12.5 Å². The normalized spacial score (nSPS) is 18.4. The molecule has 2 heterocycles. The van der Waals surface area contributed by atoms with Gasteiger partial charge < -0.3 is 15.4 Å². The highest BCUT2D eigenvalue weighted by atomic mass is 16.5. The first-order valence-electron chi connectivity index (χ1n) is 6.52. The lowest BCUT2D eigenvalue weighted by molar-refractivity contribution is 0.462. The number of hydrogen-bond donors (Lipinski definition) is 2. The third-order valence-corrected chi connectivity index (χ3v) is 3.15. The fraction of sp³-hybridized carbons (Fsp3) is 0.267. The Morgan fingerprint density at radius 3 is 2.74 bits per heavy atom. The van der Waals surface area contributed by atoms with Crippen LogP contribution in [0.4, 0.5) is 0 Å². The summed E-state index contributed by atoms with van der Waals surface area (Å²) in [6.45, 7) is 1.91. The van der Waals surface area contributed by atoms with Gasteiger partial charge in [0.25, 0.3) is 0 Å². The molecule has 1 fully saturated rings. The van der Waals surface area contributed by atoms with Gasteiger partial charge in [-0.1, -0.05) is 24.3 Å². The molecule has 19 heavy (non-hydrogen) atoms. The predicted molar refractivity (Wildman–Crippen MR) is 74.3 cm³/mol. The van der Waals surface area contributed by atoms with E-state index in [0.717, 1.165) is 25.4 Å². The molecule has 1 saturated heterocycles. The number of rotatable bonds is 4. The first-order valence-corrected chi connectivity index (χ1v) is 6.52. The van der Waals surface area contributed by atoms with E-state index in [0.29, 0.717) is 11.9 Å². The van der Waals surface area contributed by atoms with Gasteiger partial charge in [0.15, 0.2) is 0 Å². The van der Waals surface area contributed by atoms with Crippen molar-refractivity contribution in [3.8, 4) is 11.6 Å². The Kier molecular flexibility index (Phi) is 3.72. The van der Waals surface area contributed by atoms with E-state index in [1.807, 2.05) is 42.6 Å². The molecule has 2 N–H and O–H groups in total. The fourth-order valence-electron chi connectivity index (χ4n) is 2.17. The molecule has 0 aliphatic carbocycles. The lowest BCUT2D eigenvalue weighted by atomic mass is 10.1. The van der Waals surface area contributed by atoms with Crippen LogP contribution in [0, 0.1) is 0 Å². The molecule has 0 amide bonds. The maximum atomic E-state index is 5.66. The van der Waals surface area contributed by atoms with Gasteiger partial charge in [-0.2, -0.15) is 0 Å². The van der Waals surface area contributed by atoms with Gasteiger partial charge in [-0.25, -0.2) is 4.98 Å². The summed E-state index contributed by atoms with van der Waals surface area (Å²) in [5, 5.41) is 6.67. The van der Waals surface area contributed by atoms with E-state index >= 15 is 0 Å². The highest BCUT2D eigenvalue weighted by Crippen LogP contribution is 2.18. The number of hydrogen-bond acceptors (Lipinski definition) is 4. The zero-order valence-electron chi connectivity index (χ0n) is 10.7. The first-order chi connectivity index (χ1) is 9.40. The van der Waals surface area contributed by atoms with Gasteiger partial charge >= 0.3 is 0 Å². The maximum Gasteiger partial charge on any atom is 0.219 e. The number of benzene rings is 1. The van der Waals surface area contributed by atoms with Crippen LogP contribution in [0.25, 0.3) is 0 Å². The zero-order chi connectivity index (χ0) is 12.9. The second-order valence-electron chi connectivity index (χ2n) is 4.66. The van der Waals surface area contributed by atoms with Crippen LogP contribution >= 0.6 is 0 Å². The highest BCUT2D eigenvalue weighted by molar-refractivity contribution is 5.27. The van der Waals surface area contributed by atoms with Gasteiger partial charge in [-0.15, -0.1) is 0 Å². The Hall–Kier alpha value is -1.91. The van der Waals surface area contributed by atoms with Crippen LogP contribution in [0.5, 0.6) is 11.6 Å². The largest absolute Gasteiger partial charge is 0.439 e. The van der Waals surface area contributed by atoms with Crippen molar-refractivity contribution in [2.24, 2.45) is 0 Å². The van der Waals surface area contributed by atoms with Crippen LogP contribution in [-0.2, 0) is 6.42 Å². The molecular formula is C15H17N3O. The van der Waals surface area contributed by atoms with E-state index in [4.69, 9.17) is 4.74 Å². The molecule has 98 valence electrons. The smallest absolute Gasteiger partial charge is 0.219 e. The van der Waals surface area contributed by atoms with Crippen molar-refractivity contribution in [3.63, 3.8) is 0 Å². The molecule has 0 saturated carbocycles. The summed E-state index contributed by atoms with van der Waals surface area (Å²) < 4.78 is 5.66. The van der Waals surface area contributed by atoms with Gasteiger partial charge in [0, 0.05) is 31.5 Å². The second kappa shape index (κ2) is 5.82. The molecule has 1 aromatic heterocycles. The van der Waals surface area contributed by atoms with Gasteiger partial charge in [-0.05, 0) is 24.1 Å². The second-order valence-corrected chi connectivity index (χ2v) is 4.66. The SMILES string of the molecule is c1ccc(Oc2ccc(CC3CNCN3)cn2)cc1. The van der Waals surface area contributed by atoms with Crippen LogP contribution in [0.2, 0.25) is 0 Å². The minimum atomic E-state index is 0.502. The van der Waals surface area contributed by atoms with Crippen LogP contribution in [0.3, 0.4) is 0 Å². The Labute approximate surface area is 112 Å². The molecule has 0 spiro atoms. The number of nitrogens with zero attached hydrogens (tertiary/aromatic N) is 1. The molecular weight excluding hydrogens is 238 g/mol. The number of ether oxygens (including phenoxy) is 1. The quantitative estimate of drug-likeness (QED) is 0.876. The molecule has 4 heteroatoms. The van der Waals surface area contributed by atoms with Gasteiger partial charge in [0.05, 0.1) is 0 Å². The van der Waals surface area contributed by atoms with Crippen molar-refractivity contribution in [1.82, 2.24) is 15.6 Å². The summed E-state index contributed by atoms with van der Waals surface area (Å²) in [6, 6.07) is 14.2. The van der Waals surface area contributed by atoms with E-state index in [-0.39, 0.29) is 0 Å². The van der Waals surface area contributed by atoms with E-state index in [9.17, 15) is 0 Å². The van der Waals surface area contributed by atoms with Crippen LogP contribution in [-0.4, -0.2) is 24.2 Å². The zero-order valence-corrected chi connectivity index (χ0v) is 10.7. The number of aromatic nitrogens is 1. The average molecular weight is 255 g/mol. The van der Waals surface area contributed by atoms with Gasteiger partial charge in [0.2, 0.25) is 5.88 Å². The summed E-state index contributed by atoms with van der Waals surface area (Å²) in [5.74, 6) is 1.44. The molecule has 3 rings (SSSR count). The van der Waals surface area contributed by atoms with E-state index in [1.54, 1.807) is 0 Å². The number of para-hydroxylation sites is 1. The predicted octanol–water partition coefficient (Wildman–Crippen LogP) is 1.94. The third-order valence-electron chi connectivity index (χ3n) is 3.15. The molecule has 2 aromatic rings. The average Bonchev–Trinajstić information content (AvgIpc) is 2.95. The Morgan fingerprint density at radius 2 is 2.05 bits per heavy atom. The van der Waals surface area contributed by atoms with Gasteiger partial charge in [0.1, 0.15) is 5.75 Å². The van der Waals surface area contributed by atoms with Crippen LogP contribution in [0.15, 0.2) is 48.7 Å². The van der Waals surface area contributed by atoms with Crippen molar-refractivity contribution in [1.29, 1.82) is 0 Å². The van der Waals surface area contributed by atoms with Crippen LogP contribution < -0.4 is 15.4 Å². The fourth-order valence-corrected chi connectivity index (χ4v) is 2.17. The molecule has 1 unspecified atom stereocenters. The van der Waals surface area contributed by atoms with Gasteiger partial charge in [-0.3, -0.25) is 0 Å². The van der Waals surface area contributed by atoms with E-state index < -0.39 is 0 Å². The van der Waals surface area contributed by atoms with Crippen molar-refractivity contribution >= 4 is 0 Å². The van der Waals surface area contributed by atoms with E-state index in [2.05, 4.69) is 21.7 Å². The summed E-state index contributed by atoms with van der Waals surface area (Å²) in [5.41, 5.74) is 1.22. The number of pyridine rings is 1. The highest BCUT2D eigenvalue weighted by Gasteiger charge is 2.13. The Balaban J connectivity index is 1.62. The van der Waals surface area contributed by atoms with Crippen molar-refractivity contribution < 1.29 is 4.74 Å². The minimum Gasteiger partial charge on any atom is -0.439 e. The summed E-state index contributed by atoms with van der Waals surface area (Å²) in [7, 11) is 0. The minimum absolute atomic E-state index is 0.502. The lowest BCUT2D eigenvalue weighted by Crippen LogP contribution is -2.25. The maximum absolute atomic E-state index is 5.66. The molecule has 0 bridgehead atoms. The van der Waals surface area contributed by atoms with E-state index in [1.165, 1.54) is 5.56 Å². The van der Waals surface area contributed by atoms with Crippen LogP contribution in [0.1, 0.15) is 5.56 Å². The summed E-state index contributed by atoms with van der Waals surface area (Å²) in [4.78, 5) is 4.35. The Morgan fingerprint density at radius 1 is 1.16 bits per heavy atom. The first kappa shape index (κ1) is 12.1. The molecule has 0 radical (unpaired) electrons. The third kappa shape index (κ3) is 3.30. The monoisotopic (exact) mass is 255 g/mol. The molecule has 1 aliphatic heterocycles. The molecule has 1 aliphatic rings. The molecule has 1 atom stereocenters. The standard InChI is InChI=1S/C15H17N3O/c1-2-4-14(5-3-1)19-15-7-6-12(9-17-15)8-13-10-16-11-18-13/h1-7,9,13,16,18H,8,10-11H2. The number of nitrogens with one attached hydrogen (secondary N) is 2. The summed E-state index contributed by atoms with van der Waals surface area (Å²) >= 11 is 0. The van der Waals surface area contributed by atoms with Crippen molar-refractivity contribution in [2.75, 3.05) is 13.2 Å². The van der Waals surface area contributed by atoms with Crippen molar-refractivity contribution in [3.05, 3.63) is 54.2 Å². The topological polar surface area (TPSA) is 46.2 Å². The molecule has 4 nitrogen and oxygen atoms in total. The Bertz CT molecular complexity index is 507. The molecule has 1 aromatic carbocycles.